The fraction of sp³-hybridized carbons (Fsp3) is 0.0435. The van der Waals surface area contributed by atoms with E-state index in [1.807, 2.05) is 0 Å². The molecule has 7 heteroatoms. The van der Waals surface area contributed by atoms with Crippen molar-refractivity contribution >= 4 is 46.4 Å². The maximum atomic E-state index is 13.6. The Bertz CT molecular complexity index is 1160. The van der Waals surface area contributed by atoms with Gasteiger partial charge in [-0.05, 0) is 53.6 Å². The van der Waals surface area contributed by atoms with Gasteiger partial charge in [-0.2, -0.15) is 5.26 Å². The molecule has 0 aromatic heterocycles. The molecule has 0 saturated heterocycles. The van der Waals surface area contributed by atoms with Crippen LogP contribution in [0.15, 0.2) is 66.7 Å². The van der Waals surface area contributed by atoms with Crippen LogP contribution < -0.4 is 10.1 Å². The lowest BCUT2D eigenvalue weighted by atomic mass is 10.0. The van der Waals surface area contributed by atoms with Gasteiger partial charge in [0.2, 0.25) is 0 Å². The molecular weight excluding hydrogens is 426 g/mol. The normalized spacial score (nSPS) is 10.9. The number of hydrogen-bond acceptors (Lipinski definition) is 3. The summed E-state index contributed by atoms with van der Waals surface area (Å²) in [6.45, 7) is -0.338. The summed E-state index contributed by atoms with van der Waals surface area (Å²) in [6.07, 6.45) is 1.67. The van der Waals surface area contributed by atoms with E-state index in [9.17, 15) is 14.4 Å². The molecule has 1 amide bonds. The first-order chi connectivity index (χ1) is 14.5. The average molecular weight is 441 g/mol. The maximum Gasteiger partial charge on any atom is 0.262 e. The van der Waals surface area contributed by atoms with Crippen molar-refractivity contribution in [3.8, 4) is 11.8 Å². The van der Waals surface area contributed by atoms with Crippen molar-refractivity contribution in [2.75, 3.05) is 11.9 Å². The van der Waals surface area contributed by atoms with Crippen LogP contribution in [0.3, 0.4) is 0 Å². The van der Waals surface area contributed by atoms with Gasteiger partial charge in [0.25, 0.3) is 5.91 Å². The molecule has 3 aromatic rings. The SMILES string of the molecule is N#C/C(=C/c1ccc(OCC(=O)Nc2ccccc2F)c(Cl)c1)c1cccc(Cl)c1. The highest BCUT2D eigenvalue weighted by Crippen LogP contribution is 2.28. The smallest absolute Gasteiger partial charge is 0.262 e. The Hall–Kier alpha value is -3.33. The quantitative estimate of drug-likeness (QED) is 0.365. The fourth-order valence-electron chi connectivity index (χ4n) is 2.62. The van der Waals surface area contributed by atoms with Gasteiger partial charge in [-0.15, -0.1) is 0 Å². The molecule has 1 N–H and O–H groups in total. The fourth-order valence-corrected chi connectivity index (χ4v) is 3.05. The molecule has 0 spiro atoms. The zero-order valence-corrected chi connectivity index (χ0v) is 17.0. The van der Waals surface area contributed by atoms with Gasteiger partial charge in [0.15, 0.2) is 6.61 Å². The van der Waals surface area contributed by atoms with Gasteiger partial charge in [0, 0.05) is 5.02 Å². The molecule has 0 bridgehead atoms. The second-order valence-electron chi connectivity index (χ2n) is 6.19. The lowest BCUT2D eigenvalue weighted by Gasteiger charge is -2.10. The number of hydrogen-bond donors (Lipinski definition) is 1. The van der Waals surface area contributed by atoms with E-state index >= 15 is 0 Å². The lowest BCUT2D eigenvalue weighted by molar-refractivity contribution is -0.118. The van der Waals surface area contributed by atoms with Crippen molar-refractivity contribution in [2.45, 2.75) is 0 Å². The second-order valence-corrected chi connectivity index (χ2v) is 7.03. The van der Waals surface area contributed by atoms with E-state index in [-0.39, 0.29) is 17.3 Å². The van der Waals surface area contributed by atoms with E-state index in [0.717, 1.165) is 0 Å². The predicted molar refractivity (Wildman–Crippen MR) is 117 cm³/mol. The van der Waals surface area contributed by atoms with E-state index in [4.69, 9.17) is 27.9 Å². The Kier molecular flexibility index (Phi) is 7.08. The Morgan fingerprint density at radius 2 is 1.90 bits per heavy atom. The summed E-state index contributed by atoms with van der Waals surface area (Å²) < 4.78 is 19.0. The van der Waals surface area contributed by atoms with Crippen LogP contribution in [0.2, 0.25) is 10.0 Å². The second kappa shape index (κ2) is 9.93. The molecule has 0 unspecified atom stereocenters. The van der Waals surface area contributed by atoms with Crippen LogP contribution in [0.4, 0.5) is 10.1 Å². The standard InChI is InChI=1S/C23H15Cl2FN2O2/c24-18-5-3-4-16(12-18)17(13-27)10-15-8-9-22(19(25)11-15)30-14-23(29)28-21-7-2-1-6-20(21)26/h1-12H,14H2,(H,28,29)/b17-10-. The van der Waals surface area contributed by atoms with Gasteiger partial charge in [-0.1, -0.05) is 53.5 Å². The first-order valence-corrected chi connectivity index (χ1v) is 9.56. The number of carbonyl (C=O) groups excluding carboxylic acids is 1. The number of anilines is 1. The van der Waals surface area contributed by atoms with E-state index in [1.54, 1.807) is 54.6 Å². The summed E-state index contributed by atoms with van der Waals surface area (Å²) in [5.41, 5.74) is 1.86. The van der Waals surface area contributed by atoms with Crippen molar-refractivity contribution in [1.82, 2.24) is 0 Å². The lowest BCUT2D eigenvalue weighted by Crippen LogP contribution is -2.20. The first kappa shape index (κ1) is 21.4. The first-order valence-electron chi connectivity index (χ1n) is 8.81. The molecule has 0 aliphatic carbocycles. The number of halogens is 3. The zero-order chi connectivity index (χ0) is 21.5. The molecule has 0 atom stereocenters. The van der Waals surface area contributed by atoms with Crippen molar-refractivity contribution in [3.63, 3.8) is 0 Å². The monoisotopic (exact) mass is 440 g/mol. The van der Waals surface area contributed by atoms with Crippen molar-refractivity contribution in [1.29, 1.82) is 5.26 Å². The third-order valence-corrected chi connectivity index (χ3v) is 4.56. The predicted octanol–water partition coefficient (Wildman–Crippen LogP) is 6.21. The molecule has 0 radical (unpaired) electrons. The van der Waals surface area contributed by atoms with Crippen LogP contribution in [0.5, 0.6) is 5.75 Å². The number of allylic oxidation sites excluding steroid dienone is 1. The van der Waals surface area contributed by atoms with Crippen molar-refractivity contribution in [3.05, 3.63) is 93.7 Å². The van der Waals surface area contributed by atoms with Gasteiger partial charge in [0.1, 0.15) is 11.6 Å². The summed E-state index contributed by atoms with van der Waals surface area (Å²) in [4.78, 5) is 12.0. The molecule has 4 nitrogen and oxygen atoms in total. The molecular formula is C23H15Cl2FN2O2. The minimum Gasteiger partial charge on any atom is -0.482 e. The Morgan fingerprint density at radius 1 is 1.10 bits per heavy atom. The van der Waals surface area contributed by atoms with Crippen molar-refractivity contribution in [2.24, 2.45) is 0 Å². The third kappa shape index (κ3) is 5.60. The van der Waals surface area contributed by atoms with E-state index in [1.165, 1.54) is 18.2 Å². The largest absolute Gasteiger partial charge is 0.482 e. The topological polar surface area (TPSA) is 62.1 Å². The summed E-state index contributed by atoms with van der Waals surface area (Å²) in [5.74, 6) is -0.764. The van der Waals surface area contributed by atoms with Crippen LogP contribution in [0.1, 0.15) is 11.1 Å². The number of nitrogens with zero attached hydrogens (tertiary/aromatic N) is 1. The summed E-state index contributed by atoms with van der Waals surface area (Å²) in [6, 6.07) is 19.9. The molecule has 30 heavy (non-hydrogen) atoms. The number of nitrogens with one attached hydrogen (secondary N) is 1. The number of carbonyl (C=O) groups is 1. The summed E-state index contributed by atoms with van der Waals surface area (Å²) >= 11 is 12.2. The van der Waals surface area contributed by atoms with Crippen molar-refractivity contribution < 1.29 is 13.9 Å². The van der Waals surface area contributed by atoms with Crippen LogP contribution in [0.25, 0.3) is 11.6 Å². The molecule has 0 aliphatic heterocycles. The van der Waals surface area contributed by atoms with E-state index in [2.05, 4.69) is 11.4 Å². The van der Waals surface area contributed by atoms with Gasteiger partial charge in [0.05, 0.1) is 22.4 Å². The average Bonchev–Trinajstić information content (AvgIpc) is 2.73. The minimum absolute atomic E-state index is 0.0720. The molecule has 150 valence electrons. The molecule has 3 rings (SSSR count). The molecule has 0 heterocycles. The van der Waals surface area contributed by atoms with Gasteiger partial charge in [-0.25, -0.2) is 4.39 Å². The number of benzene rings is 3. The summed E-state index contributed by atoms with van der Waals surface area (Å²) in [5, 5.41) is 12.7. The van der Waals surface area contributed by atoms with E-state index in [0.29, 0.717) is 27.5 Å². The van der Waals surface area contributed by atoms with Gasteiger partial charge in [-0.3, -0.25) is 4.79 Å². The van der Waals surface area contributed by atoms with Crippen LogP contribution in [-0.4, -0.2) is 12.5 Å². The summed E-state index contributed by atoms with van der Waals surface area (Å²) in [7, 11) is 0. The van der Waals surface area contributed by atoms with Gasteiger partial charge < -0.3 is 10.1 Å². The highest BCUT2D eigenvalue weighted by molar-refractivity contribution is 6.32. The molecule has 3 aromatic carbocycles. The van der Waals surface area contributed by atoms with Crippen LogP contribution in [-0.2, 0) is 4.79 Å². The highest BCUT2D eigenvalue weighted by atomic mass is 35.5. The number of nitriles is 1. The number of ether oxygens (including phenoxy) is 1. The van der Waals surface area contributed by atoms with Crippen LogP contribution >= 0.6 is 23.2 Å². The number of para-hydroxylation sites is 1. The molecule has 0 fully saturated rings. The highest BCUT2D eigenvalue weighted by Gasteiger charge is 2.10. The van der Waals surface area contributed by atoms with E-state index < -0.39 is 11.7 Å². The Labute approximate surface area is 183 Å². The molecule has 0 aliphatic rings. The Balaban J connectivity index is 1.68. The maximum absolute atomic E-state index is 13.6. The zero-order valence-electron chi connectivity index (χ0n) is 15.5. The van der Waals surface area contributed by atoms with Crippen LogP contribution in [0, 0.1) is 17.1 Å². The Morgan fingerprint density at radius 3 is 2.60 bits per heavy atom. The minimum atomic E-state index is -0.534. The number of amides is 1. The number of rotatable bonds is 6. The molecule has 0 saturated carbocycles. The third-order valence-electron chi connectivity index (χ3n) is 4.03. The van der Waals surface area contributed by atoms with Gasteiger partial charge >= 0.3 is 0 Å².